The van der Waals surface area contributed by atoms with Crippen molar-refractivity contribution in [3.63, 3.8) is 0 Å². The fourth-order valence-corrected chi connectivity index (χ4v) is 4.54. The van der Waals surface area contributed by atoms with E-state index in [1.165, 1.54) is 0 Å². The zero-order valence-corrected chi connectivity index (χ0v) is 20.8. The number of carbonyl (C=O) groups excluding carboxylic acids is 1. The summed E-state index contributed by atoms with van der Waals surface area (Å²) in [6.07, 6.45) is 3.63. The Labute approximate surface area is 207 Å². The SMILES string of the molecule is CCCCCN(C(=O)c1ccc(C)cc1)C(CC)c1nc2ccccc2c(=O)n1-c1ccccc1. The van der Waals surface area contributed by atoms with E-state index in [2.05, 4.69) is 13.8 Å². The molecule has 0 fully saturated rings. The summed E-state index contributed by atoms with van der Waals surface area (Å²) in [4.78, 5) is 34.5. The maximum Gasteiger partial charge on any atom is 0.266 e. The highest BCUT2D eigenvalue weighted by Crippen LogP contribution is 2.28. The predicted octanol–water partition coefficient (Wildman–Crippen LogP) is 6.48. The number of para-hydroxylation sites is 2. The molecular weight excluding hydrogens is 434 g/mol. The van der Waals surface area contributed by atoms with E-state index in [1.807, 2.05) is 90.7 Å². The molecule has 1 atom stereocenters. The topological polar surface area (TPSA) is 55.2 Å². The molecule has 3 aromatic carbocycles. The first-order valence-electron chi connectivity index (χ1n) is 12.5. The van der Waals surface area contributed by atoms with Gasteiger partial charge in [0.15, 0.2) is 0 Å². The third-order valence-electron chi connectivity index (χ3n) is 6.44. The van der Waals surface area contributed by atoms with Crippen LogP contribution in [-0.4, -0.2) is 26.9 Å². The van der Waals surface area contributed by atoms with Crippen LogP contribution in [0.1, 0.15) is 67.3 Å². The van der Waals surface area contributed by atoms with E-state index >= 15 is 0 Å². The summed E-state index contributed by atoms with van der Waals surface area (Å²) in [5.74, 6) is 0.564. The van der Waals surface area contributed by atoms with Gasteiger partial charge in [-0.15, -0.1) is 0 Å². The minimum Gasteiger partial charge on any atom is -0.328 e. The van der Waals surface area contributed by atoms with Gasteiger partial charge in [-0.05, 0) is 56.2 Å². The zero-order valence-electron chi connectivity index (χ0n) is 20.8. The summed E-state index contributed by atoms with van der Waals surface area (Å²) in [7, 11) is 0. The summed E-state index contributed by atoms with van der Waals surface area (Å²) in [5.41, 5.74) is 3.04. The highest BCUT2D eigenvalue weighted by Gasteiger charge is 2.29. The highest BCUT2D eigenvalue weighted by atomic mass is 16.2. The second kappa shape index (κ2) is 11.1. The van der Waals surface area contributed by atoms with Gasteiger partial charge < -0.3 is 4.90 Å². The van der Waals surface area contributed by atoms with Gasteiger partial charge in [0, 0.05) is 12.1 Å². The van der Waals surface area contributed by atoms with Gasteiger partial charge in [0.05, 0.1) is 22.6 Å². The van der Waals surface area contributed by atoms with Crippen molar-refractivity contribution in [2.75, 3.05) is 6.54 Å². The average Bonchev–Trinajstić information content (AvgIpc) is 2.89. The summed E-state index contributed by atoms with van der Waals surface area (Å²) < 4.78 is 1.69. The lowest BCUT2D eigenvalue weighted by Gasteiger charge is -2.32. The number of carbonyl (C=O) groups is 1. The van der Waals surface area contributed by atoms with Gasteiger partial charge in [0.2, 0.25) is 0 Å². The van der Waals surface area contributed by atoms with Gasteiger partial charge in [-0.2, -0.15) is 0 Å². The standard InChI is InChI=1S/C30H33N3O2/c1-4-6-12-21-32(29(34)23-19-17-22(3)18-20-23)27(5-2)28-31-26-16-11-10-15-25(26)30(35)33(28)24-13-8-7-9-14-24/h7-11,13-20,27H,4-6,12,21H2,1-3H3. The molecule has 0 N–H and O–H groups in total. The van der Waals surface area contributed by atoms with Crippen molar-refractivity contribution in [1.29, 1.82) is 0 Å². The van der Waals surface area contributed by atoms with Crippen LogP contribution in [0.3, 0.4) is 0 Å². The van der Waals surface area contributed by atoms with Crippen molar-refractivity contribution in [2.24, 2.45) is 0 Å². The number of hydrogen-bond donors (Lipinski definition) is 0. The van der Waals surface area contributed by atoms with Gasteiger partial charge in [-0.1, -0.05) is 74.7 Å². The van der Waals surface area contributed by atoms with Gasteiger partial charge >= 0.3 is 0 Å². The molecular formula is C30H33N3O2. The van der Waals surface area contributed by atoms with Crippen LogP contribution in [0.5, 0.6) is 0 Å². The first-order chi connectivity index (χ1) is 17.0. The quantitative estimate of drug-likeness (QED) is 0.265. The number of aryl methyl sites for hydroxylation is 1. The largest absolute Gasteiger partial charge is 0.328 e. The van der Waals surface area contributed by atoms with Crippen molar-refractivity contribution in [3.05, 3.63) is 106 Å². The molecule has 0 saturated heterocycles. The van der Waals surface area contributed by atoms with E-state index in [9.17, 15) is 9.59 Å². The van der Waals surface area contributed by atoms with Crippen LogP contribution < -0.4 is 5.56 Å². The minimum atomic E-state index is -0.349. The van der Waals surface area contributed by atoms with Gasteiger partial charge in [-0.3, -0.25) is 14.2 Å². The molecule has 4 rings (SSSR count). The maximum atomic E-state index is 13.8. The molecule has 1 heterocycles. The average molecular weight is 468 g/mol. The molecule has 0 aliphatic heterocycles. The molecule has 0 radical (unpaired) electrons. The molecule has 0 aliphatic rings. The predicted molar refractivity (Wildman–Crippen MR) is 142 cm³/mol. The number of amides is 1. The molecule has 0 aliphatic carbocycles. The summed E-state index contributed by atoms with van der Waals surface area (Å²) >= 11 is 0. The number of rotatable bonds is 9. The highest BCUT2D eigenvalue weighted by molar-refractivity contribution is 5.94. The second-order valence-corrected chi connectivity index (χ2v) is 8.96. The molecule has 1 unspecified atom stereocenters. The Bertz CT molecular complexity index is 1340. The Balaban J connectivity index is 1.90. The lowest BCUT2D eigenvalue weighted by Crippen LogP contribution is -2.39. The number of hydrogen-bond acceptors (Lipinski definition) is 3. The lowest BCUT2D eigenvalue weighted by molar-refractivity contribution is 0.0655. The summed E-state index contributed by atoms with van der Waals surface area (Å²) in [5, 5.41) is 0.567. The summed E-state index contributed by atoms with van der Waals surface area (Å²) in [6.45, 7) is 6.83. The molecule has 1 aromatic heterocycles. The maximum absolute atomic E-state index is 13.8. The molecule has 5 nitrogen and oxygen atoms in total. The second-order valence-electron chi connectivity index (χ2n) is 8.96. The Hall–Kier alpha value is -3.73. The van der Waals surface area contributed by atoms with Crippen molar-refractivity contribution in [1.82, 2.24) is 14.5 Å². The molecule has 4 aromatic rings. The lowest BCUT2D eigenvalue weighted by atomic mass is 10.1. The Morgan fingerprint density at radius 1 is 0.914 bits per heavy atom. The first-order valence-corrected chi connectivity index (χ1v) is 12.5. The van der Waals surface area contributed by atoms with Gasteiger partial charge in [-0.25, -0.2) is 4.98 Å². The molecule has 35 heavy (non-hydrogen) atoms. The van der Waals surface area contributed by atoms with Crippen LogP contribution in [0.2, 0.25) is 0 Å². The third-order valence-corrected chi connectivity index (χ3v) is 6.44. The molecule has 180 valence electrons. The van der Waals surface area contributed by atoms with E-state index in [4.69, 9.17) is 4.98 Å². The van der Waals surface area contributed by atoms with Crippen molar-refractivity contribution >= 4 is 16.8 Å². The monoisotopic (exact) mass is 467 g/mol. The van der Waals surface area contributed by atoms with Crippen LogP contribution >= 0.6 is 0 Å². The van der Waals surface area contributed by atoms with Crippen LogP contribution in [-0.2, 0) is 0 Å². The number of fused-ring (bicyclic) bond motifs is 1. The van der Waals surface area contributed by atoms with Gasteiger partial charge in [0.1, 0.15) is 5.82 Å². The molecule has 0 spiro atoms. The molecule has 0 saturated carbocycles. The zero-order chi connectivity index (χ0) is 24.8. The first kappa shape index (κ1) is 24.4. The molecule has 1 amide bonds. The van der Waals surface area contributed by atoms with Crippen LogP contribution in [0.15, 0.2) is 83.7 Å². The van der Waals surface area contributed by atoms with E-state index in [0.717, 1.165) is 30.5 Å². The fraction of sp³-hybridized carbons (Fsp3) is 0.300. The number of nitrogens with zero attached hydrogens (tertiary/aromatic N) is 3. The van der Waals surface area contributed by atoms with Crippen LogP contribution in [0.25, 0.3) is 16.6 Å². The number of benzene rings is 3. The Morgan fingerprint density at radius 2 is 1.60 bits per heavy atom. The van der Waals surface area contributed by atoms with E-state index in [0.29, 0.717) is 35.3 Å². The Morgan fingerprint density at radius 3 is 2.29 bits per heavy atom. The minimum absolute atomic E-state index is 0.0324. The number of unbranched alkanes of at least 4 members (excludes halogenated alkanes) is 2. The van der Waals surface area contributed by atoms with Crippen LogP contribution in [0.4, 0.5) is 0 Å². The van der Waals surface area contributed by atoms with E-state index in [1.54, 1.807) is 4.57 Å². The van der Waals surface area contributed by atoms with Crippen molar-refractivity contribution < 1.29 is 4.79 Å². The molecule has 0 bridgehead atoms. The summed E-state index contributed by atoms with van der Waals surface area (Å²) in [6, 6.07) is 24.4. The Kier molecular flexibility index (Phi) is 7.76. The van der Waals surface area contributed by atoms with E-state index in [-0.39, 0.29) is 17.5 Å². The fourth-order valence-electron chi connectivity index (χ4n) is 4.54. The van der Waals surface area contributed by atoms with E-state index < -0.39 is 0 Å². The van der Waals surface area contributed by atoms with Gasteiger partial charge in [0.25, 0.3) is 11.5 Å². The number of aromatic nitrogens is 2. The third kappa shape index (κ3) is 5.19. The molecule has 5 heteroatoms. The van der Waals surface area contributed by atoms with Crippen molar-refractivity contribution in [3.8, 4) is 5.69 Å². The smallest absolute Gasteiger partial charge is 0.266 e. The van der Waals surface area contributed by atoms with Crippen molar-refractivity contribution in [2.45, 2.75) is 52.5 Å². The normalized spacial score (nSPS) is 12.0. The van der Waals surface area contributed by atoms with Crippen LogP contribution in [0, 0.1) is 6.92 Å².